The third-order valence-electron chi connectivity index (χ3n) is 4.67. The highest BCUT2D eigenvalue weighted by molar-refractivity contribution is 9.10. The molecular weight excluding hydrogens is 466 g/mol. The topological polar surface area (TPSA) is 64.6 Å². The van der Waals surface area contributed by atoms with Crippen molar-refractivity contribution in [2.24, 2.45) is 0 Å². The minimum absolute atomic E-state index is 0.0859. The second kappa shape index (κ2) is 9.10. The SMILES string of the molecule is COc1cc(CNc2cc(C)ccc2C)cc(Br)c1OS(=O)(=O)c1ccc(C)cc1. The molecule has 0 aromatic heterocycles. The Labute approximate surface area is 186 Å². The van der Waals surface area contributed by atoms with E-state index >= 15 is 0 Å². The van der Waals surface area contributed by atoms with E-state index in [0.717, 1.165) is 22.4 Å². The lowest BCUT2D eigenvalue weighted by molar-refractivity contribution is 0.389. The molecule has 3 rings (SSSR count). The van der Waals surface area contributed by atoms with Crippen LogP contribution >= 0.6 is 15.9 Å². The summed E-state index contributed by atoms with van der Waals surface area (Å²) >= 11 is 3.43. The van der Waals surface area contributed by atoms with Crippen LogP contribution in [0.3, 0.4) is 0 Å². The van der Waals surface area contributed by atoms with E-state index in [4.69, 9.17) is 8.92 Å². The summed E-state index contributed by atoms with van der Waals surface area (Å²) in [6.07, 6.45) is 0. The van der Waals surface area contributed by atoms with E-state index in [1.54, 1.807) is 18.2 Å². The molecular formula is C23H24BrNO4S. The highest BCUT2D eigenvalue weighted by atomic mass is 79.9. The quantitative estimate of drug-likeness (QED) is 0.427. The Balaban J connectivity index is 1.85. The number of methoxy groups -OCH3 is 1. The van der Waals surface area contributed by atoms with Gasteiger partial charge in [-0.05, 0) is 83.7 Å². The molecule has 0 fully saturated rings. The van der Waals surface area contributed by atoms with E-state index in [1.165, 1.54) is 24.8 Å². The maximum atomic E-state index is 12.7. The summed E-state index contributed by atoms with van der Waals surface area (Å²) in [6.45, 7) is 6.53. The monoisotopic (exact) mass is 489 g/mol. The lowest BCUT2D eigenvalue weighted by Gasteiger charge is -2.15. The van der Waals surface area contributed by atoms with Gasteiger partial charge in [0.2, 0.25) is 0 Å². The van der Waals surface area contributed by atoms with Gasteiger partial charge in [0.25, 0.3) is 0 Å². The average Bonchev–Trinajstić information content (AvgIpc) is 2.70. The fourth-order valence-corrected chi connectivity index (χ4v) is 4.58. The van der Waals surface area contributed by atoms with Crippen LogP contribution in [0.25, 0.3) is 0 Å². The molecule has 0 heterocycles. The molecule has 0 atom stereocenters. The van der Waals surface area contributed by atoms with Gasteiger partial charge in [0.15, 0.2) is 11.5 Å². The lowest BCUT2D eigenvalue weighted by atomic mass is 10.1. The maximum absolute atomic E-state index is 12.7. The molecule has 3 aromatic carbocycles. The number of rotatable bonds is 7. The van der Waals surface area contributed by atoms with Crippen molar-refractivity contribution in [3.8, 4) is 11.5 Å². The molecule has 0 spiro atoms. The van der Waals surface area contributed by atoms with Crippen LogP contribution in [0.5, 0.6) is 11.5 Å². The van der Waals surface area contributed by atoms with E-state index in [9.17, 15) is 8.42 Å². The number of ether oxygens (including phenoxy) is 1. The predicted molar refractivity (Wildman–Crippen MR) is 123 cm³/mol. The molecule has 158 valence electrons. The minimum Gasteiger partial charge on any atom is -0.493 e. The first kappa shape index (κ1) is 22.2. The average molecular weight is 490 g/mol. The van der Waals surface area contributed by atoms with Crippen molar-refractivity contribution in [1.29, 1.82) is 0 Å². The van der Waals surface area contributed by atoms with Crippen molar-refractivity contribution in [2.45, 2.75) is 32.2 Å². The number of hydrogen-bond acceptors (Lipinski definition) is 5. The third kappa shape index (κ3) is 5.15. The standard InChI is InChI=1S/C23H24BrNO4S/c1-15-6-9-19(10-7-15)30(26,27)29-23-20(24)12-18(13-22(23)28-4)14-25-21-11-16(2)5-8-17(21)3/h5-13,25H,14H2,1-4H3. The number of hydrogen-bond donors (Lipinski definition) is 1. The van der Waals surface area contributed by atoms with Crippen LogP contribution in [0.15, 0.2) is 64.0 Å². The Morgan fingerprint density at radius 1 is 0.933 bits per heavy atom. The maximum Gasteiger partial charge on any atom is 0.339 e. The fourth-order valence-electron chi connectivity index (χ4n) is 2.94. The van der Waals surface area contributed by atoms with Crippen molar-refractivity contribution >= 4 is 31.7 Å². The Hall–Kier alpha value is -2.51. The first-order valence-electron chi connectivity index (χ1n) is 9.38. The predicted octanol–water partition coefficient (Wildman–Crippen LogP) is 5.76. The Bertz CT molecular complexity index is 1160. The fraction of sp³-hybridized carbons (Fsp3) is 0.217. The largest absolute Gasteiger partial charge is 0.493 e. The summed E-state index contributed by atoms with van der Waals surface area (Å²) in [5, 5.41) is 3.41. The highest BCUT2D eigenvalue weighted by Crippen LogP contribution is 2.38. The van der Waals surface area contributed by atoms with E-state index in [-0.39, 0.29) is 10.6 Å². The Morgan fingerprint density at radius 3 is 2.27 bits per heavy atom. The summed E-state index contributed by atoms with van der Waals surface area (Å²) in [6, 6.07) is 16.3. The summed E-state index contributed by atoms with van der Waals surface area (Å²) in [5.41, 5.74) is 5.25. The molecule has 5 nitrogen and oxygen atoms in total. The zero-order valence-corrected chi connectivity index (χ0v) is 19.7. The smallest absolute Gasteiger partial charge is 0.339 e. The van der Waals surface area contributed by atoms with Crippen LogP contribution in [-0.4, -0.2) is 15.5 Å². The summed E-state index contributed by atoms with van der Waals surface area (Å²) in [4.78, 5) is 0.0859. The van der Waals surface area contributed by atoms with Gasteiger partial charge in [-0.1, -0.05) is 29.8 Å². The van der Waals surface area contributed by atoms with E-state index in [0.29, 0.717) is 16.8 Å². The molecule has 1 N–H and O–H groups in total. The number of aryl methyl sites for hydroxylation is 3. The number of nitrogens with one attached hydrogen (secondary N) is 1. The highest BCUT2D eigenvalue weighted by Gasteiger charge is 2.22. The molecule has 0 saturated heterocycles. The number of halogens is 1. The van der Waals surface area contributed by atoms with Crippen LogP contribution in [0, 0.1) is 20.8 Å². The normalized spacial score (nSPS) is 11.2. The van der Waals surface area contributed by atoms with Crippen molar-refractivity contribution in [2.75, 3.05) is 12.4 Å². The van der Waals surface area contributed by atoms with Gasteiger partial charge in [-0.25, -0.2) is 0 Å². The van der Waals surface area contributed by atoms with Gasteiger partial charge in [-0.2, -0.15) is 8.42 Å². The van der Waals surface area contributed by atoms with Gasteiger partial charge in [0.05, 0.1) is 11.6 Å². The van der Waals surface area contributed by atoms with Gasteiger partial charge in [0.1, 0.15) is 4.90 Å². The number of anilines is 1. The van der Waals surface area contributed by atoms with Gasteiger partial charge in [-0.3, -0.25) is 0 Å². The van der Waals surface area contributed by atoms with Crippen LogP contribution in [0.4, 0.5) is 5.69 Å². The Kier molecular flexibility index (Phi) is 6.73. The summed E-state index contributed by atoms with van der Waals surface area (Å²) in [7, 11) is -2.51. The first-order chi connectivity index (χ1) is 14.2. The summed E-state index contributed by atoms with van der Waals surface area (Å²) < 4.78 is 36.7. The zero-order valence-electron chi connectivity index (χ0n) is 17.3. The van der Waals surface area contributed by atoms with Crippen LogP contribution in [0.1, 0.15) is 22.3 Å². The molecule has 0 unspecified atom stereocenters. The third-order valence-corrected chi connectivity index (χ3v) is 6.49. The minimum atomic E-state index is -3.99. The summed E-state index contributed by atoms with van der Waals surface area (Å²) in [5.74, 6) is 0.450. The molecule has 0 amide bonds. The molecule has 0 aliphatic carbocycles. The molecule has 0 radical (unpaired) electrons. The molecule has 7 heteroatoms. The van der Waals surface area contributed by atoms with Gasteiger partial charge in [0, 0.05) is 12.2 Å². The second-order valence-corrected chi connectivity index (χ2v) is 9.53. The van der Waals surface area contributed by atoms with Crippen LogP contribution in [0.2, 0.25) is 0 Å². The van der Waals surface area contributed by atoms with Crippen molar-refractivity contribution in [3.63, 3.8) is 0 Å². The van der Waals surface area contributed by atoms with Gasteiger partial charge in [-0.15, -0.1) is 0 Å². The van der Waals surface area contributed by atoms with Gasteiger partial charge < -0.3 is 14.2 Å². The molecule has 0 bridgehead atoms. The van der Waals surface area contributed by atoms with Crippen LogP contribution in [-0.2, 0) is 16.7 Å². The van der Waals surface area contributed by atoms with Gasteiger partial charge >= 0.3 is 10.1 Å². The van der Waals surface area contributed by atoms with E-state index < -0.39 is 10.1 Å². The lowest BCUT2D eigenvalue weighted by Crippen LogP contribution is -2.11. The van der Waals surface area contributed by atoms with Crippen molar-refractivity contribution in [1.82, 2.24) is 0 Å². The zero-order chi connectivity index (χ0) is 21.9. The molecule has 3 aromatic rings. The first-order valence-corrected chi connectivity index (χ1v) is 11.6. The van der Waals surface area contributed by atoms with Crippen molar-refractivity contribution < 1.29 is 17.3 Å². The molecule has 30 heavy (non-hydrogen) atoms. The molecule has 0 aliphatic rings. The van der Waals surface area contributed by atoms with E-state index in [2.05, 4.69) is 39.4 Å². The Morgan fingerprint density at radius 2 is 1.60 bits per heavy atom. The van der Waals surface area contributed by atoms with Crippen LogP contribution < -0.4 is 14.2 Å². The molecule has 0 aliphatic heterocycles. The number of benzene rings is 3. The van der Waals surface area contributed by atoms with E-state index in [1.807, 2.05) is 26.8 Å². The van der Waals surface area contributed by atoms with Crippen molar-refractivity contribution in [3.05, 3.63) is 81.3 Å². The second-order valence-electron chi connectivity index (χ2n) is 7.13. The molecule has 0 saturated carbocycles.